The minimum atomic E-state index is 0.794. The topological polar surface area (TPSA) is 25.2 Å². The highest BCUT2D eigenvalue weighted by Gasteiger charge is 2.05. The Balaban J connectivity index is 2.08. The van der Waals surface area contributed by atoms with Gasteiger partial charge in [0.25, 0.3) is 0 Å². The number of hydrogen-bond donors (Lipinski definition) is 0. The molecule has 0 unspecified atom stereocenters. The molecule has 0 N–H and O–H groups in total. The van der Waals surface area contributed by atoms with Crippen LogP contribution >= 0.6 is 0 Å². The Kier molecular flexibility index (Phi) is 2.26. The first kappa shape index (κ1) is 9.28. The van der Waals surface area contributed by atoms with Crippen LogP contribution in [0.25, 0.3) is 10.9 Å². The predicted octanol–water partition coefficient (Wildman–Crippen LogP) is 2.98. The van der Waals surface area contributed by atoms with E-state index in [1.807, 2.05) is 24.4 Å². The fourth-order valence-corrected chi connectivity index (χ4v) is 1.93. The summed E-state index contributed by atoms with van der Waals surface area (Å²) in [6.07, 6.45) is 7.09. The molecule has 1 aliphatic rings. The molecule has 0 saturated heterocycles. The Labute approximate surface area is 94.4 Å². The highest BCUT2D eigenvalue weighted by atomic mass is 14.7. The van der Waals surface area contributed by atoms with Gasteiger partial charge in [-0.25, -0.2) is 0 Å². The average molecular weight is 208 g/mol. The molecule has 0 saturated carbocycles. The summed E-state index contributed by atoms with van der Waals surface area (Å²) in [4.78, 5) is 8.95. The molecule has 1 aromatic carbocycles. The van der Waals surface area contributed by atoms with Crippen LogP contribution in [0.15, 0.2) is 53.7 Å². The van der Waals surface area contributed by atoms with Gasteiger partial charge < -0.3 is 0 Å². The Morgan fingerprint density at radius 3 is 2.88 bits per heavy atom. The fourth-order valence-electron chi connectivity index (χ4n) is 1.93. The molecular weight excluding hydrogens is 196 g/mol. The van der Waals surface area contributed by atoms with Crippen LogP contribution in [-0.4, -0.2) is 17.2 Å². The van der Waals surface area contributed by atoms with Crippen LogP contribution < -0.4 is 0 Å². The van der Waals surface area contributed by atoms with E-state index in [-0.39, 0.29) is 0 Å². The predicted molar refractivity (Wildman–Crippen MR) is 66.9 cm³/mol. The van der Waals surface area contributed by atoms with E-state index in [1.165, 1.54) is 5.39 Å². The number of aliphatic imine (C=N–C) groups is 1. The lowest BCUT2D eigenvalue weighted by molar-refractivity contribution is 1.16. The van der Waals surface area contributed by atoms with Crippen molar-refractivity contribution in [1.29, 1.82) is 0 Å². The van der Waals surface area contributed by atoms with Gasteiger partial charge in [0.15, 0.2) is 0 Å². The smallest absolute Gasteiger partial charge is 0.0702 e. The van der Waals surface area contributed by atoms with Crippen molar-refractivity contribution in [1.82, 2.24) is 4.98 Å². The van der Waals surface area contributed by atoms with Crippen molar-refractivity contribution in [2.45, 2.75) is 6.42 Å². The summed E-state index contributed by atoms with van der Waals surface area (Å²) >= 11 is 0. The van der Waals surface area contributed by atoms with Gasteiger partial charge in [-0.15, -0.1) is 0 Å². The lowest BCUT2D eigenvalue weighted by Gasteiger charge is -2.08. The summed E-state index contributed by atoms with van der Waals surface area (Å²) in [6, 6.07) is 10.3. The molecule has 1 aromatic heterocycles. The largest absolute Gasteiger partial charge is 0.285 e. The van der Waals surface area contributed by atoms with Gasteiger partial charge in [-0.2, -0.15) is 0 Å². The number of dihydropyridines is 1. The maximum absolute atomic E-state index is 4.50. The van der Waals surface area contributed by atoms with Gasteiger partial charge in [-0.3, -0.25) is 9.98 Å². The van der Waals surface area contributed by atoms with Crippen molar-refractivity contribution >= 4 is 16.6 Å². The summed E-state index contributed by atoms with van der Waals surface area (Å²) in [5, 5.41) is 1.18. The van der Waals surface area contributed by atoms with E-state index in [0.29, 0.717) is 0 Å². The van der Waals surface area contributed by atoms with Crippen LogP contribution in [0.5, 0.6) is 0 Å². The molecule has 0 radical (unpaired) electrons. The van der Waals surface area contributed by atoms with E-state index in [2.05, 4.69) is 34.3 Å². The van der Waals surface area contributed by atoms with E-state index in [1.54, 1.807) is 0 Å². The van der Waals surface area contributed by atoms with Crippen molar-refractivity contribution in [2.24, 2.45) is 4.99 Å². The van der Waals surface area contributed by atoms with Gasteiger partial charge in [0, 0.05) is 29.3 Å². The minimum Gasteiger partial charge on any atom is -0.285 e. The van der Waals surface area contributed by atoms with E-state index in [9.17, 15) is 0 Å². The molecule has 2 heterocycles. The molecular formula is C14H12N2. The summed E-state index contributed by atoms with van der Waals surface area (Å²) in [6.45, 7) is 0.794. The second-order valence-corrected chi connectivity index (χ2v) is 3.88. The summed E-state index contributed by atoms with van der Waals surface area (Å²) in [7, 11) is 0. The van der Waals surface area contributed by atoms with Crippen molar-refractivity contribution in [3.05, 3.63) is 54.2 Å². The molecule has 2 nitrogen and oxygen atoms in total. The average Bonchev–Trinajstić information content (AvgIpc) is 2.39. The molecule has 16 heavy (non-hydrogen) atoms. The van der Waals surface area contributed by atoms with Crippen LogP contribution in [0.2, 0.25) is 0 Å². The number of allylic oxidation sites excluding steroid dienone is 1. The standard InChI is InChI=1S/C14H12N2/c1-2-6-13-11(5-1)9-12(10-16-13)14-7-3-4-8-15-14/h1-6,9-10H,7-8H2. The molecule has 3 rings (SSSR count). The number of rotatable bonds is 1. The highest BCUT2D eigenvalue weighted by molar-refractivity contribution is 6.03. The van der Waals surface area contributed by atoms with Crippen molar-refractivity contribution in [3.8, 4) is 0 Å². The van der Waals surface area contributed by atoms with E-state index in [4.69, 9.17) is 0 Å². The number of fused-ring (bicyclic) bond motifs is 1. The highest BCUT2D eigenvalue weighted by Crippen LogP contribution is 2.15. The normalized spacial score (nSPS) is 15.1. The van der Waals surface area contributed by atoms with Crippen LogP contribution in [-0.2, 0) is 0 Å². The molecule has 0 aliphatic carbocycles. The first-order chi connectivity index (χ1) is 7.93. The zero-order chi connectivity index (χ0) is 10.8. The van der Waals surface area contributed by atoms with E-state index in [0.717, 1.165) is 29.8 Å². The van der Waals surface area contributed by atoms with Crippen molar-refractivity contribution in [2.75, 3.05) is 6.54 Å². The van der Waals surface area contributed by atoms with Crippen molar-refractivity contribution in [3.63, 3.8) is 0 Å². The Morgan fingerprint density at radius 2 is 2.00 bits per heavy atom. The molecule has 2 heteroatoms. The maximum Gasteiger partial charge on any atom is 0.0702 e. The number of benzene rings is 1. The van der Waals surface area contributed by atoms with Crippen LogP contribution in [0.3, 0.4) is 0 Å². The second-order valence-electron chi connectivity index (χ2n) is 3.88. The lowest BCUT2D eigenvalue weighted by Crippen LogP contribution is -2.04. The molecule has 0 bridgehead atoms. The van der Waals surface area contributed by atoms with Crippen LogP contribution in [0, 0.1) is 0 Å². The van der Waals surface area contributed by atoms with Gasteiger partial charge in [0.1, 0.15) is 0 Å². The second kappa shape index (κ2) is 3.89. The maximum atomic E-state index is 4.50. The van der Waals surface area contributed by atoms with Crippen LogP contribution in [0.1, 0.15) is 12.0 Å². The van der Waals surface area contributed by atoms with Gasteiger partial charge in [-0.05, 0) is 12.1 Å². The number of hydrogen-bond acceptors (Lipinski definition) is 2. The number of pyridine rings is 1. The number of nitrogens with zero attached hydrogens (tertiary/aromatic N) is 2. The van der Waals surface area contributed by atoms with Gasteiger partial charge in [0.2, 0.25) is 0 Å². The first-order valence-corrected chi connectivity index (χ1v) is 5.47. The van der Waals surface area contributed by atoms with Crippen LogP contribution in [0.4, 0.5) is 0 Å². The monoisotopic (exact) mass is 208 g/mol. The minimum absolute atomic E-state index is 0.794. The summed E-state index contributed by atoms with van der Waals surface area (Å²) < 4.78 is 0. The first-order valence-electron chi connectivity index (χ1n) is 5.47. The quantitative estimate of drug-likeness (QED) is 0.661. The van der Waals surface area contributed by atoms with E-state index >= 15 is 0 Å². The zero-order valence-electron chi connectivity index (χ0n) is 8.93. The number of aromatic nitrogens is 1. The van der Waals surface area contributed by atoms with Crippen molar-refractivity contribution < 1.29 is 0 Å². The molecule has 0 amide bonds. The summed E-state index contributed by atoms with van der Waals surface area (Å²) in [5.74, 6) is 0. The number of para-hydroxylation sites is 1. The van der Waals surface area contributed by atoms with Gasteiger partial charge in [-0.1, -0.05) is 30.4 Å². The SMILES string of the molecule is C1=CCC(c2cnc3ccccc3c2)=NC1. The zero-order valence-corrected chi connectivity index (χ0v) is 8.93. The molecule has 2 aromatic rings. The van der Waals surface area contributed by atoms with Gasteiger partial charge >= 0.3 is 0 Å². The molecule has 0 fully saturated rings. The fraction of sp³-hybridized carbons (Fsp3) is 0.143. The third-order valence-corrected chi connectivity index (χ3v) is 2.79. The Hall–Kier alpha value is -1.96. The summed E-state index contributed by atoms with van der Waals surface area (Å²) in [5.41, 5.74) is 3.32. The third kappa shape index (κ3) is 1.63. The molecule has 0 spiro atoms. The third-order valence-electron chi connectivity index (χ3n) is 2.79. The molecule has 1 aliphatic heterocycles. The lowest BCUT2D eigenvalue weighted by atomic mass is 10.1. The molecule has 0 atom stereocenters. The molecule has 78 valence electrons. The van der Waals surface area contributed by atoms with E-state index < -0.39 is 0 Å². The Morgan fingerprint density at radius 1 is 1.06 bits per heavy atom. The van der Waals surface area contributed by atoms with Gasteiger partial charge in [0.05, 0.1) is 12.1 Å². The Bertz CT molecular complexity index is 582.